The van der Waals surface area contributed by atoms with Gasteiger partial charge in [-0.3, -0.25) is 14.3 Å². The van der Waals surface area contributed by atoms with Gasteiger partial charge in [-0.15, -0.1) is 10.2 Å². The van der Waals surface area contributed by atoms with Gasteiger partial charge in [0.15, 0.2) is 5.78 Å². The molecule has 0 radical (unpaired) electrons. The molecule has 0 unspecified atom stereocenters. The van der Waals surface area contributed by atoms with Crippen molar-refractivity contribution in [2.24, 2.45) is 10.2 Å². The summed E-state index contributed by atoms with van der Waals surface area (Å²) in [5.41, 5.74) is 3.10. The van der Waals surface area contributed by atoms with Gasteiger partial charge in [-0.1, -0.05) is 29.5 Å². The number of hydrogen-bond donors (Lipinski definition) is 2. The minimum Gasteiger partial charge on any atom is -0.324 e. The standard InChI is InChI=1S/C19H18N6O4S2/c1-12-5-3-4-6-16(12)21-18(27)17(13(2)26)23-22-14-7-9-15(10-8-14)31(28,29)25-19-24-20-11-30-19/h3-11,17H,1-2H3,(H,21,27)(H,24,25)/t17-/m1/s1. The third kappa shape index (κ3) is 5.77. The number of hydrogen-bond acceptors (Lipinski definition) is 9. The topological polar surface area (TPSA) is 143 Å². The number of nitrogens with one attached hydrogen (secondary N) is 2. The first-order valence-electron chi connectivity index (χ1n) is 8.93. The zero-order valence-electron chi connectivity index (χ0n) is 16.5. The van der Waals surface area contributed by atoms with Crippen LogP contribution < -0.4 is 10.0 Å². The lowest BCUT2D eigenvalue weighted by Gasteiger charge is -2.11. The van der Waals surface area contributed by atoms with Crippen molar-refractivity contribution < 1.29 is 18.0 Å². The maximum atomic E-state index is 12.5. The molecule has 160 valence electrons. The van der Waals surface area contributed by atoms with Crippen LogP contribution in [0.5, 0.6) is 0 Å². The van der Waals surface area contributed by atoms with Gasteiger partial charge in [0.1, 0.15) is 5.51 Å². The number of aromatic nitrogens is 2. The summed E-state index contributed by atoms with van der Waals surface area (Å²) < 4.78 is 27.0. The summed E-state index contributed by atoms with van der Waals surface area (Å²) in [7, 11) is -3.83. The second kappa shape index (κ2) is 9.53. The van der Waals surface area contributed by atoms with E-state index in [0.717, 1.165) is 16.9 Å². The van der Waals surface area contributed by atoms with Crippen LogP contribution in [0.2, 0.25) is 0 Å². The fraction of sp³-hybridized carbons (Fsp3) is 0.158. The Labute approximate surface area is 182 Å². The number of ketones is 1. The molecule has 0 aliphatic rings. The number of azo groups is 1. The van der Waals surface area contributed by atoms with E-state index in [9.17, 15) is 18.0 Å². The number of para-hydroxylation sites is 1. The van der Waals surface area contributed by atoms with Gasteiger partial charge in [-0.05, 0) is 49.7 Å². The van der Waals surface area contributed by atoms with Crippen molar-refractivity contribution in [1.82, 2.24) is 10.2 Å². The molecule has 1 amide bonds. The Morgan fingerprint density at radius 3 is 2.42 bits per heavy atom. The smallest absolute Gasteiger partial charge is 0.263 e. The Hall–Kier alpha value is -3.51. The average molecular weight is 459 g/mol. The first kappa shape index (κ1) is 22.2. The van der Waals surface area contributed by atoms with Crippen molar-refractivity contribution in [3.63, 3.8) is 0 Å². The summed E-state index contributed by atoms with van der Waals surface area (Å²) in [6.07, 6.45) is 0. The maximum absolute atomic E-state index is 12.5. The summed E-state index contributed by atoms with van der Waals surface area (Å²) in [5, 5.41) is 17.8. The molecule has 3 aromatic rings. The molecule has 0 fully saturated rings. The largest absolute Gasteiger partial charge is 0.324 e. The van der Waals surface area contributed by atoms with E-state index < -0.39 is 27.8 Å². The fourth-order valence-electron chi connectivity index (χ4n) is 2.44. The molecular formula is C19H18N6O4S2. The molecule has 1 atom stereocenters. The molecule has 12 heteroatoms. The molecule has 2 aromatic carbocycles. The average Bonchev–Trinajstić information content (AvgIpc) is 3.22. The lowest BCUT2D eigenvalue weighted by molar-refractivity contribution is -0.126. The number of nitrogens with zero attached hydrogens (tertiary/aromatic N) is 4. The van der Waals surface area contributed by atoms with E-state index in [1.54, 1.807) is 12.1 Å². The van der Waals surface area contributed by atoms with Gasteiger partial charge in [0, 0.05) is 5.69 Å². The minimum absolute atomic E-state index is 0.0120. The highest BCUT2D eigenvalue weighted by Gasteiger charge is 2.23. The van der Waals surface area contributed by atoms with E-state index in [4.69, 9.17) is 0 Å². The number of anilines is 2. The number of rotatable bonds is 8. The number of benzene rings is 2. The summed E-state index contributed by atoms with van der Waals surface area (Å²) in [4.78, 5) is 24.4. The lowest BCUT2D eigenvalue weighted by Crippen LogP contribution is -2.32. The number of amides is 1. The summed E-state index contributed by atoms with van der Waals surface area (Å²) in [6.45, 7) is 3.07. The maximum Gasteiger partial charge on any atom is 0.263 e. The van der Waals surface area contributed by atoms with Crippen LogP contribution in [-0.2, 0) is 19.6 Å². The predicted octanol–water partition coefficient (Wildman–Crippen LogP) is 3.33. The van der Waals surface area contributed by atoms with Crippen LogP contribution in [0.3, 0.4) is 0 Å². The molecule has 2 N–H and O–H groups in total. The Kier molecular flexibility index (Phi) is 6.82. The molecule has 0 saturated heterocycles. The van der Waals surface area contributed by atoms with Crippen LogP contribution in [-0.4, -0.2) is 36.3 Å². The van der Waals surface area contributed by atoms with E-state index >= 15 is 0 Å². The molecule has 10 nitrogen and oxygen atoms in total. The van der Waals surface area contributed by atoms with Crippen LogP contribution >= 0.6 is 11.3 Å². The fourth-order valence-corrected chi connectivity index (χ4v) is 4.13. The van der Waals surface area contributed by atoms with Crippen LogP contribution in [0.15, 0.2) is 69.2 Å². The van der Waals surface area contributed by atoms with E-state index in [0.29, 0.717) is 5.69 Å². The predicted molar refractivity (Wildman–Crippen MR) is 116 cm³/mol. The van der Waals surface area contributed by atoms with Gasteiger partial charge in [-0.2, -0.15) is 10.2 Å². The third-order valence-electron chi connectivity index (χ3n) is 4.05. The summed E-state index contributed by atoms with van der Waals surface area (Å²) in [6, 6.07) is 11.3. The first-order valence-corrected chi connectivity index (χ1v) is 11.3. The van der Waals surface area contributed by atoms with Gasteiger partial charge in [0.05, 0.1) is 10.6 Å². The quantitative estimate of drug-likeness (QED) is 0.391. The van der Waals surface area contributed by atoms with Gasteiger partial charge < -0.3 is 5.32 Å². The van der Waals surface area contributed by atoms with Crippen LogP contribution in [0.1, 0.15) is 12.5 Å². The molecule has 0 saturated carbocycles. The Morgan fingerprint density at radius 2 is 1.81 bits per heavy atom. The van der Waals surface area contributed by atoms with E-state index in [1.807, 2.05) is 19.1 Å². The summed E-state index contributed by atoms with van der Waals surface area (Å²) >= 11 is 1.05. The van der Waals surface area contributed by atoms with Crippen molar-refractivity contribution in [2.45, 2.75) is 24.8 Å². The Bertz CT molecular complexity index is 1210. The highest BCUT2D eigenvalue weighted by molar-refractivity contribution is 7.93. The zero-order valence-corrected chi connectivity index (χ0v) is 18.1. The van der Waals surface area contributed by atoms with Gasteiger partial charge >= 0.3 is 0 Å². The second-order valence-electron chi connectivity index (χ2n) is 6.38. The zero-order chi connectivity index (χ0) is 22.4. The Morgan fingerprint density at radius 1 is 1.10 bits per heavy atom. The minimum atomic E-state index is -3.83. The molecule has 1 aromatic heterocycles. The number of aryl methyl sites for hydroxylation is 1. The highest BCUT2D eigenvalue weighted by Crippen LogP contribution is 2.21. The number of carbonyl (C=O) groups excluding carboxylic acids is 2. The number of Topliss-reactive ketones (excluding diaryl/α,β-unsaturated/α-hetero) is 1. The normalized spacial score (nSPS) is 12.5. The van der Waals surface area contributed by atoms with Gasteiger partial charge in [0.2, 0.25) is 11.2 Å². The molecule has 0 spiro atoms. The molecule has 31 heavy (non-hydrogen) atoms. The van der Waals surface area contributed by atoms with Crippen molar-refractivity contribution >= 4 is 49.6 Å². The van der Waals surface area contributed by atoms with Crippen molar-refractivity contribution in [3.05, 3.63) is 59.6 Å². The highest BCUT2D eigenvalue weighted by atomic mass is 32.2. The van der Waals surface area contributed by atoms with Crippen LogP contribution in [0.4, 0.5) is 16.5 Å². The SMILES string of the molecule is CC(=O)[C@@H](N=Nc1ccc(S(=O)(=O)Nc2nncs2)cc1)C(=O)Nc1ccccc1C. The third-order valence-corrected chi connectivity index (χ3v) is 6.14. The first-order chi connectivity index (χ1) is 14.8. The van der Waals surface area contributed by atoms with Crippen molar-refractivity contribution in [1.29, 1.82) is 0 Å². The second-order valence-corrected chi connectivity index (χ2v) is 8.89. The Balaban J connectivity index is 1.72. The van der Waals surface area contributed by atoms with Crippen LogP contribution in [0.25, 0.3) is 0 Å². The molecule has 0 bridgehead atoms. The van der Waals surface area contributed by atoms with E-state index in [-0.39, 0.29) is 15.7 Å². The number of carbonyl (C=O) groups is 2. The van der Waals surface area contributed by atoms with Gasteiger partial charge in [-0.25, -0.2) is 8.42 Å². The lowest BCUT2D eigenvalue weighted by atomic mass is 10.1. The van der Waals surface area contributed by atoms with Gasteiger partial charge in [0.25, 0.3) is 15.9 Å². The molecule has 0 aliphatic carbocycles. The molecule has 3 rings (SSSR count). The monoisotopic (exact) mass is 458 g/mol. The summed E-state index contributed by atoms with van der Waals surface area (Å²) in [5.74, 6) is -1.08. The molecule has 1 heterocycles. The molecular weight excluding hydrogens is 440 g/mol. The number of sulfonamides is 1. The van der Waals surface area contributed by atoms with E-state index in [2.05, 4.69) is 30.5 Å². The van der Waals surface area contributed by atoms with Crippen LogP contribution in [0, 0.1) is 6.92 Å². The van der Waals surface area contributed by atoms with Crippen molar-refractivity contribution in [2.75, 3.05) is 10.0 Å². The molecule has 0 aliphatic heterocycles. The van der Waals surface area contributed by atoms with E-state index in [1.165, 1.54) is 36.7 Å². The van der Waals surface area contributed by atoms with Crippen molar-refractivity contribution in [3.8, 4) is 0 Å².